The third-order valence-corrected chi connectivity index (χ3v) is 4.98. The molecular weight excluding hydrogens is 378 g/mol. The second kappa shape index (κ2) is 9.45. The number of cyclic esters (lactones) is 1. The number of rotatable bonds is 8. The topological polar surface area (TPSA) is 111 Å². The minimum absolute atomic E-state index is 0.123. The molecule has 1 aromatic carbocycles. The lowest BCUT2D eigenvalue weighted by molar-refractivity contribution is -0.144. The average molecular weight is 405 g/mol. The molecule has 1 atom stereocenters. The summed E-state index contributed by atoms with van der Waals surface area (Å²) < 4.78 is 15.1. The fourth-order valence-corrected chi connectivity index (χ4v) is 3.27. The molecule has 0 radical (unpaired) electrons. The van der Waals surface area contributed by atoms with E-state index in [9.17, 15) is 19.5 Å². The maximum atomic E-state index is 12.0. The number of aromatic hydroxyl groups is 1. The lowest BCUT2D eigenvalue weighted by Crippen LogP contribution is -2.39. The summed E-state index contributed by atoms with van der Waals surface area (Å²) in [5.41, 5.74) is 3.04. The van der Waals surface area contributed by atoms with Crippen molar-refractivity contribution in [3.05, 3.63) is 33.9 Å². The van der Waals surface area contributed by atoms with Crippen LogP contribution in [0.25, 0.3) is 0 Å². The Balaban J connectivity index is 2.08. The Kier molecular flexibility index (Phi) is 7.25. The molecule has 0 unspecified atom stereocenters. The molecule has 158 valence electrons. The first-order valence-electron chi connectivity index (χ1n) is 9.32. The Bertz CT molecular complexity index is 857. The standard InChI is InChI=1S/C21H27NO7/c1-11(7-9-16(23)22-13(3)20(25)28-5)6-8-14-18(24)17-15(10-29-21(17)26)12(2)19(14)27-4/h6,13,24H,7-10H2,1-5H3,(H,22,23)/b11-6+/t13-/m1/s1. The van der Waals surface area contributed by atoms with Crippen LogP contribution >= 0.6 is 0 Å². The fourth-order valence-electron chi connectivity index (χ4n) is 3.27. The highest BCUT2D eigenvalue weighted by molar-refractivity contribution is 5.98. The molecule has 2 N–H and O–H groups in total. The molecule has 8 nitrogen and oxygen atoms in total. The Morgan fingerprint density at radius 1 is 1.31 bits per heavy atom. The van der Waals surface area contributed by atoms with Crippen LogP contribution in [0.4, 0.5) is 0 Å². The van der Waals surface area contributed by atoms with Crippen LogP contribution in [0.2, 0.25) is 0 Å². The number of allylic oxidation sites excluding steroid dienone is 2. The van der Waals surface area contributed by atoms with Crippen molar-refractivity contribution in [2.75, 3.05) is 14.2 Å². The summed E-state index contributed by atoms with van der Waals surface area (Å²) in [7, 11) is 2.78. The molecule has 0 saturated carbocycles. The number of phenols is 1. The highest BCUT2D eigenvalue weighted by Gasteiger charge is 2.31. The van der Waals surface area contributed by atoms with E-state index in [1.165, 1.54) is 14.2 Å². The maximum absolute atomic E-state index is 12.0. The van der Waals surface area contributed by atoms with Crippen LogP contribution in [0.5, 0.6) is 11.5 Å². The molecule has 1 aliphatic rings. The Hall–Kier alpha value is -3.03. The summed E-state index contributed by atoms with van der Waals surface area (Å²) in [5.74, 6) is -0.903. The minimum atomic E-state index is -0.702. The number of phenolic OH excluding ortho intramolecular Hbond substituents is 1. The third-order valence-electron chi connectivity index (χ3n) is 4.98. The van der Waals surface area contributed by atoms with Gasteiger partial charge in [0.2, 0.25) is 5.91 Å². The van der Waals surface area contributed by atoms with Crippen LogP contribution in [0.15, 0.2) is 11.6 Å². The normalized spacial score (nSPS) is 14.1. The van der Waals surface area contributed by atoms with Gasteiger partial charge in [-0.1, -0.05) is 11.6 Å². The summed E-state index contributed by atoms with van der Waals surface area (Å²) in [6.45, 7) is 5.38. The van der Waals surface area contributed by atoms with Gasteiger partial charge in [0.15, 0.2) is 0 Å². The first kappa shape index (κ1) is 22.3. The van der Waals surface area contributed by atoms with Crippen molar-refractivity contribution in [3.63, 3.8) is 0 Å². The SMILES string of the molecule is COC(=O)[C@@H](C)NC(=O)CC/C(C)=C/Cc1c(O)c2c(c(C)c1OC)COC2=O. The van der Waals surface area contributed by atoms with Crippen molar-refractivity contribution in [3.8, 4) is 11.5 Å². The number of carbonyl (C=O) groups is 3. The van der Waals surface area contributed by atoms with E-state index in [1.54, 1.807) is 6.92 Å². The maximum Gasteiger partial charge on any atom is 0.342 e. The van der Waals surface area contributed by atoms with Gasteiger partial charge in [0.1, 0.15) is 29.7 Å². The van der Waals surface area contributed by atoms with Crippen LogP contribution in [-0.2, 0) is 32.1 Å². The van der Waals surface area contributed by atoms with Gasteiger partial charge in [0.05, 0.1) is 14.2 Å². The second-order valence-electron chi connectivity index (χ2n) is 6.98. The highest BCUT2D eigenvalue weighted by atomic mass is 16.5. The summed E-state index contributed by atoms with van der Waals surface area (Å²) in [6, 6.07) is -0.702. The van der Waals surface area contributed by atoms with Gasteiger partial charge < -0.3 is 24.6 Å². The van der Waals surface area contributed by atoms with Crippen molar-refractivity contribution in [1.29, 1.82) is 0 Å². The van der Waals surface area contributed by atoms with Gasteiger partial charge in [-0.15, -0.1) is 0 Å². The van der Waals surface area contributed by atoms with Gasteiger partial charge in [-0.3, -0.25) is 4.79 Å². The van der Waals surface area contributed by atoms with Crippen molar-refractivity contribution < 1.29 is 33.7 Å². The number of esters is 2. The molecule has 1 heterocycles. The summed E-state index contributed by atoms with van der Waals surface area (Å²) in [5, 5.41) is 13.2. The molecule has 29 heavy (non-hydrogen) atoms. The van der Waals surface area contributed by atoms with Gasteiger partial charge in [0.25, 0.3) is 0 Å². The van der Waals surface area contributed by atoms with Gasteiger partial charge in [0, 0.05) is 17.5 Å². The van der Waals surface area contributed by atoms with Crippen LogP contribution in [-0.4, -0.2) is 43.2 Å². The molecule has 0 aromatic heterocycles. The largest absolute Gasteiger partial charge is 0.507 e. The van der Waals surface area contributed by atoms with Crippen molar-refractivity contribution >= 4 is 17.8 Å². The zero-order chi connectivity index (χ0) is 21.7. The van der Waals surface area contributed by atoms with E-state index >= 15 is 0 Å². The monoisotopic (exact) mass is 405 g/mol. The van der Waals surface area contributed by atoms with Crippen molar-refractivity contribution in [2.24, 2.45) is 0 Å². The third kappa shape index (κ3) is 4.88. The zero-order valence-corrected chi connectivity index (χ0v) is 17.4. The van der Waals surface area contributed by atoms with E-state index in [-0.39, 0.29) is 30.2 Å². The Labute approximate surface area is 169 Å². The van der Waals surface area contributed by atoms with Crippen molar-refractivity contribution in [1.82, 2.24) is 5.32 Å². The molecule has 1 aromatic rings. The number of benzene rings is 1. The molecule has 0 fully saturated rings. The molecule has 0 spiro atoms. The van der Waals surface area contributed by atoms with E-state index in [1.807, 2.05) is 19.9 Å². The van der Waals surface area contributed by atoms with Crippen molar-refractivity contribution in [2.45, 2.75) is 52.7 Å². The number of fused-ring (bicyclic) bond motifs is 1. The number of methoxy groups -OCH3 is 2. The number of carbonyl (C=O) groups excluding carboxylic acids is 3. The number of ether oxygens (including phenoxy) is 3. The van der Waals surface area contributed by atoms with Gasteiger partial charge in [-0.05, 0) is 39.2 Å². The summed E-state index contributed by atoms with van der Waals surface area (Å²) >= 11 is 0. The predicted octanol–water partition coefficient (Wildman–Crippen LogP) is 2.33. The number of hydrogen-bond donors (Lipinski definition) is 2. The van der Waals surface area contributed by atoms with E-state index < -0.39 is 18.0 Å². The van der Waals surface area contributed by atoms with Crippen LogP contribution < -0.4 is 10.1 Å². The van der Waals surface area contributed by atoms with E-state index in [4.69, 9.17) is 9.47 Å². The molecule has 0 saturated heterocycles. The second-order valence-corrected chi connectivity index (χ2v) is 6.98. The van der Waals surface area contributed by atoms with Gasteiger partial charge >= 0.3 is 11.9 Å². The highest BCUT2D eigenvalue weighted by Crippen LogP contribution is 2.42. The molecule has 0 aliphatic carbocycles. The lowest BCUT2D eigenvalue weighted by atomic mass is 9.94. The van der Waals surface area contributed by atoms with Crippen LogP contribution in [0.3, 0.4) is 0 Å². The number of hydrogen-bond acceptors (Lipinski definition) is 7. The Morgan fingerprint density at radius 2 is 2.00 bits per heavy atom. The molecule has 0 bridgehead atoms. The molecular formula is C21H27NO7. The summed E-state index contributed by atoms with van der Waals surface area (Å²) in [4.78, 5) is 35.3. The quantitative estimate of drug-likeness (QED) is 0.504. The smallest absolute Gasteiger partial charge is 0.342 e. The molecule has 2 rings (SSSR count). The van der Waals surface area contributed by atoms with E-state index in [0.29, 0.717) is 29.7 Å². The van der Waals surface area contributed by atoms with Gasteiger partial charge in [-0.25, -0.2) is 9.59 Å². The molecule has 8 heteroatoms. The number of amides is 1. The van der Waals surface area contributed by atoms with Crippen LogP contribution in [0.1, 0.15) is 53.7 Å². The first-order chi connectivity index (χ1) is 13.7. The molecule has 1 amide bonds. The summed E-state index contributed by atoms with van der Waals surface area (Å²) in [6.07, 6.45) is 2.90. The number of nitrogens with one attached hydrogen (secondary N) is 1. The Morgan fingerprint density at radius 3 is 2.62 bits per heavy atom. The van der Waals surface area contributed by atoms with Crippen LogP contribution in [0, 0.1) is 6.92 Å². The fraction of sp³-hybridized carbons (Fsp3) is 0.476. The predicted molar refractivity (Wildman–Crippen MR) is 105 cm³/mol. The van der Waals surface area contributed by atoms with E-state index in [0.717, 1.165) is 11.1 Å². The van der Waals surface area contributed by atoms with E-state index in [2.05, 4.69) is 10.1 Å². The lowest BCUT2D eigenvalue weighted by Gasteiger charge is -2.16. The first-order valence-corrected chi connectivity index (χ1v) is 9.32. The molecule has 1 aliphatic heterocycles. The minimum Gasteiger partial charge on any atom is -0.507 e. The zero-order valence-electron chi connectivity index (χ0n) is 17.4. The average Bonchev–Trinajstić information content (AvgIpc) is 3.09. The van der Waals surface area contributed by atoms with Gasteiger partial charge in [-0.2, -0.15) is 0 Å².